The van der Waals surface area contributed by atoms with Crippen molar-refractivity contribution in [2.75, 3.05) is 24.6 Å². The Kier molecular flexibility index (Phi) is 3.98. The summed E-state index contributed by atoms with van der Waals surface area (Å²) in [5, 5.41) is 2.82. The molecule has 2 atom stereocenters. The van der Waals surface area contributed by atoms with Gasteiger partial charge in [-0.15, -0.1) is 0 Å². The predicted molar refractivity (Wildman–Crippen MR) is 93.7 cm³/mol. The highest BCUT2D eigenvalue weighted by Gasteiger charge is 2.40. The summed E-state index contributed by atoms with van der Waals surface area (Å²) in [5.74, 6) is 0.752. The van der Waals surface area contributed by atoms with Crippen molar-refractivity contribution < 1.29 is 13.9 Å². The van der Waals surface area contributed by atoms with E-state index in [0.717, 1.165) is 29.2 Å². The summed E-state index contributed by atoms with van der Waals surface area (Å²) in [4.78, 5) is 18.6. The molecule has 6 heteroatoms. The van der Waals surface area contributed by atoms with E-state index < -0.39 is 6.17 Å². The van der Waals surface area contributed by atoms with E-state index in [-0.39, 0.29) is 17.4 Å². The van der Waals surface area contributed by atoms with Gasteiger partial charge < -0.3 is 15.0 Å². The number of carbonyl (C=O) groups is 1. The number of hydrogen-bond donors (Lipinski definition) is 1. The molecule has 1 aromatic rings. The van der Waals surface area contributed by atoms with Gasteiger partial charge in [0.1, 0.15) is 12.0 Å². The van der Waals surface area contributed by atoms with Crippen molar-refractivity contribution in [1.82, 2.24) is 10.3 Å². The van der Waals surface area contributed by atoms with E-state index in [1.807, 2.05) is 18.7 Å². The Labute approximate surface area is 147 Å². The molecule has 3 heterocycles. The lowest BCUT2D eigenvalue weighted by Crippen LogP contribution is -2.47. The third kappa shape index (κ3) is 3.01. The molecule has 25 heavy (non-hydrogen) atoms. The third-order valence-corrected chi connectivity index (χ3v) is 5.98. The molecule has 2 fully saturated rings. The largest absolute Gasteiger partial charge is 0.374 e. The minimum Gasteiger partial charge on any atom is -0.374 e. The second-order valence-electron chi connectivity index (χ2n) is 8.10. The molecule has 1 saturated carbocycles. The van der Waals surface area contributed by atoms with Gasteiger partial charge in [0.25, 0.3) is 5.91 Å². The molecule has 0 spiro atoms. The number of alkyl halides is 1. The molecule has 1 N–H and O–H groups in total. The molecule has 5 nitrogen and oxygen atoms in total. The first-order valence-electron chi connectivity index (χ1n) is 9.17. The Morgan fingerprint density at radius 2 is 2.12 bits per heavy atom. The van der Waals surface area contributed by atoms with Crippen LogP contribution >= 0.6 is 0 Å². The lowest BCUT2D eigenvalue weighted by molar-refractivity contribution is -0.0302. The van der Waals surface area contributed by atoms with Gasteiger partial charge in [0.2, 0.25) is 0 Å². The summed E-state index contributed by atoms with van der Waals surface area (Å²) in [6, 6.07) is 0. The van der Waals surface area contributed by atoms with Crippen LogP contribution in [0, 0.1) is 19.3 Å². The predicted octanol–water partition coefficient (Wildman–Crippen LogP) is 2.68. The van der Waals surface area contributed by atoms with Gasteiger partial charge >= 0.3 is 0 Å². The molecule has 0 aromatic carbocycles. The van der Waals surface area contributed by atoms with Crippen LogP contribution in [0.3, 0.4) is 0 Å². The zero-order chi connectivity index (χ0) is 17.8. The highest BCUT2D eigenvalue weighted by molar-refractivity contribution is 5.99. The van der Waals surface area contributed by atoms with Gasteiger partial charge in [-0.2, -0.15) is 0 Å². The zero-order valence-corrected chi connectivity index (χ0v) is 15.2. The smallest absolute Gasteiger partial charge is 0.253 e. The first-order chi connectivity index (χ1) is 11.9. The summed E-state index contributed by atoms with van der Waals surface area (Å²) in [7, 11) is 0. The van der Waals surface area contributed by atoms with Crippen LogP contribution in [0.25, 0.3) is 0 Å². The summed E-state index contributed by atoms with van der Waals surface area (Å²) in [6.45, 7) is 8.27. The van der Waals surface area contributed by atoms with Crippen LogP contribution in [-0.2, 0) is 11.3 Å². The van der Waals surface area contributed by atoms with Crippen LogP contribution < -0.4 is 10.2 Å². The number of hydrogen-bond acceptors (Lipinski definition) is 4. The Hall–Kier alpha value is -1.69. The highest BCUT2D eigenvalue weighted by Crippen LogP contribution is 2.45. The van der Waals surface area contributed by atoms with Crippen LogP contribution in [0.15, 0.2) is 0 Å². The second-order valence-corrected chi connectivity index (χ2v) is 8.10. The number of aromatic nitrogens is 1. The number of nitrogens with zero attached hydrogens (tertiary/aromatic N) is 2. The second kappa shape index (κ2) is 5.94. The van der Waals surface area contributed by atoms with E-state index in [9.17, 15) is 9.18 Å². The quantitative estimate of drug-likeness (QED) is 0.910. The summed E-state index contributed by atoms with van der Waals surface area (Å²) in [5.41, 5.74) is 3.66. The minimum atomic E-state index is -1.01. The third-order valence-electron chi connectivity index (χ3n) is 5.98. The number of anilines is 1. The average Bonchev–Trinajstić information content (AvgIpc) is 3.20. The molecule has 0 bridgehead atoms. The highest BCUT2D eigenvalue weighted by atomic mass is 19.1. The SMILES string of the molecule is Cc1c(N2CC[C@@H](OCC3(C)CC3)[C@@H](F)C2)nc2c(c1C)C(=O)NC2. The summed E-state index contributed by atoms with van der Waals surface area (Å²) in [6.07, 6.45) is 1.73. The van der Waals surface area contributed by atoms with Gasteiger partial charge in [-0.05, 0) is 49.7 Å². The van der Waals surface area contributed by atoms with Crippen molar-refractivity contribution in [3.63, 3.8) is 0 Å². The first kappa shape index (κ1) is 16.8. The first-order valence-corrected chi connectivity index (χ1v) is 9.17. The van der Waals surface area contributed by atoms with Gasteiger partial charge in [-0.3, -0.25) is 4.79 Å². The molecule has 1 amide bonds. The van der Waals surface area contributed by atoms with Crippen molar-refractivity contribution in [3.05, 3.63) is 22.4 Å². The molecular weight excluding hydrogens is 321 g/mol. The minimum absolute atomic E-state index is 0.0568. The fourth-order valence-electron chi connectivity index (χ4n) is 3.76. The Morgan fingerprint density at radius 3 is 2.80 bits per heavy atom. The van der Waals surface area contributed by atoms with E-state index >= 15 is 0 Å². The van der Waals surface area contributed by atoms with Crippen molar-refractivity contribution in [2.45, 2.75) is 58.9 Å². The van der Waals surface area contributed by atoms with E-state index in [1.54, 1.807) is 0 Å². The summed E-state index contributed by atoms with van der Waals surface area (Å²) >= 11 is 0. The maximum absolute atomic E-state index is 14.7. The number of pyridine rings is 1. The van der Waals surface area contributed by atoms with Crippen LogP contribution in [-0.4, -0.2) is 42.9 Å². The molecule has 1 aromatic heterocycles. The normalized spacial score (nSPS) is 27.2. The van der Waals surface area contributed by atoms with Gasteiger partial charge in [0.05, 0.1) is 37.1 Å². The van der Waals surface area contributed by atoms with Gasteiger partial charge in [-0.1, -0.05) is 6.92 Å². The monoisotopic (exact) mass is 347 g/mol. The van der Waals surface area contributed by atoms with Gasteiger partial charge in [-0.25, -0.2) is 9.37 Å². The Balaban J connectivity index is 1.48. The lowest BCUT2D eigenvalue weighted by Gasteiger charge is -2.36. The molecular formula is C19H26FN3O2. The number of halogens is 1. The van der Waals surface area contributed by atoms with Crippen molar-refractivity contribution in [2.24, 2.45) is 5.41 Å². The molecule has 136 valence electrons. The Bertz CT molecular complexity index is 717. The van der Waals surface area contributed by atoms with E-state index in [2.05, 4.69) is 17.2 Å². The fraction of sp³-hybridized carbons (Fsp3) is 0.684. The number of carbonyl (C=O) groups excluding carboxylic acids is 1. The maximum atomic E-state index is 14.7. The number of ether oxygens (including phenoxy) is 1. The summed E-state index contributed by atoms with van der Waals surface area (Å²) < 4.78 is 20.6. The standard InChI is InChI=1S/C19H26FN3O2/c1-11-12(2)17(22-14-8-21-18(24)16(11)14)23-7-4-15(13(20)9-23)25-10-19(3)5-6-19/h13,15H,4-10H2,1-3H3,(H,21,24)/t13-,15+/m0/s1. The molecule has 3 aliphatic rings. The fourth-order valence-corrected chi connectivity index (χ4v) is 3.76. The molecule has 1 saturated heterocycles. The van der Waals surface area contributed by atoms with Crippen LogP contribution in [0.2, 0.25) is 0 Å². The topological polar surface area (TPSA) is 54.5 Å². The van der Waals surface area contributed by atoms with Gasteiger partial charge in [0, 0.05) is 6.54 Å². The maximum Gasteiger partial charge on any atom is 0.253 e. The zero-order valence-electron chi connectivity index (χ0n) is 15.2. The molecule has 2 aliphatic heterocycles. The van der Waals surface area contributed by atoms with Crippen molar-refractivity contribution >= 4 is 11.7 Å². The van der Waals surface area contributed by atoms with Crippen molar-refractivity contribution in [3.8, 4) is 0 Å². The number of amides is 1. The van der Waals surface area contributed by atoms with E-state index in [4.69, 9.17) is 4.74 Å². The van der Waals surface area contributed by atoms with E-state index in [0.29, 0.717) is 31.7 Å². The van der Waals surface area contributed by atoms with Crippen LogP contribution in [0.5, 0.6) is 0 Å². The molecule has 4 rings (SSSR count). The van der Waals surface area contributed by atoms with E-state index in [1.165, 1.54) is 12.8 Å². The Morgan fingerprint density at radius 1 is 1.36 bits per heavy atom. The number of nitrogens with one attached hydrogen (secondary N) is 1. The number of rotatable bonds is 4. The molecule has 0 unspecified atom stereocenters. The van der Waals surface area contributed by atoms with Gasteiger partial charge in [0.15, 0.2) is 0 Å². The average molecular weight is 347 g/mol. The van der Waals surface area contributed by atoms with Crippen molar-refractivity contribution in [1.29, 1.82) is 0 Å². The lowest BCUT2D eigenvalue weighted by atomic mass is 10.0. The van der Waals surface area contributed by atoms with Crippen LogP contribution in [0.1, 0.15) is 53.4 Å². The molecule has 0 radical (unpaired) electrons. The number of piperidine rings is 1. The van der Waals surface area contributed by atoms with Crippen LogP contribution in [0.4, 0.5) is 10.2 Å². The number of fused-ring (bicyclic) bond motifs is 1. The molecule has 1 aliphatic carbocycles.